The molecule has 6 N–H and O–H groups in total. The van der Waals surface area contributed by atoms with E-state index in [0.717, 1.165) is 11.1 Å². The molecule has 0 bridgehead atoms. The van der Waals surface area contributed by atoms with Gasteiger partial charge in [-0.15, -0.1) is 0 Å². The summed E-state index contributed by atoms with van der Waals surface area (Å²) in [4.78, 5) is 35.1. The summed E-state index contributed by atoms with van der Waals surface area (Å²) in [6.45, 7) is 0.579. The summed E-state index contributed by atoms with van der Waals surface area (Å²) in [5.41, 5.74) is 8.43. The van der Waals surface area contributed by atoms with Gasteiger partial charge >= 0.3 is 5.97 Å². The summed E-state index contributed by atoms with van der Waals surface area (Å²) in [6, 6.07) is 14.3. The van der Waals surface area contributed by atoms with E-state index in [4.69, 9.17) is 16.2 Å². The highest BCUT2D eigenvalue weighted by molar-refractivity contribution is 5.96. The van der Waals surface area contributed by atoms with Gasteiger partial charge in [-0.2, -0.15) is 0 Å². The normalized spacial score (nSPS) is 18.1. The van der Waals surface area contributed by atoms with Crippen molar-refractivity contribution in [3.8, 4) is 11.1 Å². The Hall–Kier alpha value is -3.68. The number of carbonyl (C=O) groups excluding carboxylic acids is 2. The number of rotatable bonds is 7. The first-order valence-corrected chi connectivity index (χ1v) is 9.17. The van der Waals surface area contributed by atoms with Crippen LogP contribution in [0.25, 0.3) is 11.1 Å². The Morgan fingerprint density at radius 1 is 1.07 bits per heavy atom. The van der Waals surface area contributed by atoms with E-state index in [2.05, 4.69) is 10.6 Å². The molecular weight excluding hydrogens is 372 g/mol. The van der Waals surface area contributed by atoms with E-state index in [1.54, 1.807) is 24.3 Å². The SMILES string of the molecule is N=C(N)c1ccc(-c2ccc(C(=O)NCC3CNC(=O)C3CC(=O)O)cc2)cc1. The van der Waals surface area contributed by atoms with Gasteiger partial charge in [-0.3, -0.25) is 19.8 Å². The summed E-state index contributed by atoms with van der Waals surface area (Å²) < 4.78 is 0. The third kappa shape index (κ3) is 4.78. The van der Waals surface area contributed by atoms with Crippen molar-refractivity contribution in [3.05, 3.63) is 59.7 Å². The average Bonchev–Trinajstić information content (AvgIpc) is 3.05. The minimum atomic E-state index is -1.03. The number of carbonyl (C=O) groups is 3. The summed E-state index contributed by atoms with van der Waals surface area (Å²) in [5, 5.41) is 21.8. The van der Waals surface area contributed by atoms with Crippen molar-refractivity contribution in [2.24, 2.45) is 17.6 Å². The minimum absolute atomic E-state index is 0.00771. The lowest BCUT2D eigenvalue weighted by Crippen LogP contribution is -2.33. The molecule has 3 rings (SSSR count). The number of hydrogen-bond acceptors (Lipinski definition) is 4. The van der Waals surface area contributed by atoms with E-state index in [1.807, 2.05) is 24.3 Å². The lowest BCUT2D eigenvalue weighted by molar-refractivity contribution is -0.140. The zero-order valence-electron chi connectivity index (χ0n) is 15.6. The van der Waals surface area contributed by atoms with Crippen LogP contribution in [-0.2, 0) is 9.59 Å². The van der Waals surface area contributed by atoms with Crippen molar-refractivity contribution in [2.75, 3.05) is 13.1 Å². The van der Waals surface area contributed by atoms with Crippen molar-refractivity contribution in [1.82, 2.24) is 10.6 Å². The number of aliphatic carboxylic acids is 1. The maximum atomic E-state index is 12.4. The second-order valence-electron chi connectivity index (χ2n) is 6.99. The molecule has 2 atom stereocenters. The van der Waals surface area contributed by atoms with Crippen molar-refractivity contribution in [2.45, 2.75) is 6.42 Å². The quantitative estimate of drug-likeness (QED) is 0.354. The van der Waals surface area contributed by atoms with Crippen molar-refractivity contribution in [3.63, 3.8) is 0 Å². The second-order valence-corrected chi connectivity index (χ2v) is 6.99. The van der Waals surface area contributed by atoms with Crippen LogP contribution in [0.4, 0.5) is 0 Å². The Morgan fingerprint density at radius 2 is 1.62 bits per heavy atom. The molecule has 2 amide bonds. The van der Waals surface area contributed by atoms with Crippen LogP contribution in [0, 0.1) is 17.2 Å². The monoisotopic (exact) mass is 394 g/mol. The van der Waals surface area contributed by atoms with Crippen molar-refractivity contribution in [1.29, 1.82) is 5.41 Å². The number of carboxylic acids is 1. The molecule has 0 radical (unpaired) electrons. The molecular formula is C21H22N4O4. The third-order valence-corrected chi connectivity index (χ3v) is 5.04. The van der Waals surface area contributed by atoms with E-state index >= 15 is 0 Å². The number of benzene rings is 2. The lowest BCUT2D eigenvalue weighted by Gasteiger charge is -2.15. The molecule has 0 aromatic heterocycles. The standard InChI is InChI=1S/C21H22N4O4/c22-19(23)14-5-1-12(2-6-14)13-3-7-15(8-4-13)20(28)24-10-16-11-25-21(29)17(16)9-18(26)27/h1-8,16-17H,9-11H2,(H3,22,23)(H,24,28)(H,25,29)(H,26,27). The first-order chi connectivity index (χ1) is 13.8. The number of carboxylic acid groups (broad SMARTS) is 1. The zero-order chi connectivity index (χ0) is 21.0. The first-order valence-electron chi connectivity index (χ1n) is 9.17. The molecule has 2 aromatic carbocycles. The number of nitrogen functional groups attached to an aromatic ring is 1. The molecule has 0 aliphatic carbocycles. The molecule has 2 aromatic rings. The van der Waals surface area contributed by atoms with Crippen LogP contribution < -0.4 is 16.4 Å². The smallest absolute Gasteiger partial charge is 0.304 e. The van der Waals surface area contributed by atoms with Gasteiger partial charge in [-0.25, -0.2) is 0 Å². The van der Waals surface area contributed by atoms with Crippen LogP contribution in [-0.4, -0.2) is 41.8 Å². The largest absolute Gasteiger partial charge is 0.481 e. The number of amides is 2. The fourth-order valence-electron chi connectivity index (χ4n) is 3.36. The van der Waals surface area contributed by atoms with Gasteiger partial charge in [-0.05, 0) is 23.3 Å². The second kappa shape index (κ2) is 8.55. The van der Waals surface area contributed by atoms with Gasteiger partial charge in [-0.1, -0.05) is 36.4 Å². The fourth-order valence-corrected chi connectivity index (χ4v) is 3.36. The number of amidine groups is 1. The molecule has 1 fully saturated rings. The van der Waals surface area contributed by atoms with E-state index in [9.17, 15) is 14.4 Å². The van der Waals surface area contributed by atoms with Gasteiger partial charge in [0.1, 0.15) is 5.84 Å². The average molecular weight is 394 g/mol. The highest BCUT2D eigenvalue weighted by atomic mass is 16.4. The molecule has 0 saturated carbocycles. The van der Waals surface area contributed by atoms with Gasteiger partial charge in [0, 0.05) is 30.1 Å². The molecule has 1 aliphatic heterocycles. The Morgan fingerprint density at radius 3 is 2.14 bits per heavy atom. The maximum absolute atomic E-state index is 12.4. The van der Waals surface area contributed by atoms with Crippen LogP contribution in [0.2, 0.25) is 0 Å². The third-order valence-electron chi connectivity index (χ3n) is 5.04. The number of nitrogens with one attached hydrogen (secondary N) is 3. The van der Waals surface area contributed by atoms with Gasteiger partial charge in [0.15, 0.2) is 0 Å². The van der Waals surface area contributed by atoms with E-state index < -0.39 is 11.9 Å². The highest BCUT2D eigenvalue weighted by Crippen LogP contribution is 2.22. The predicted octanol–water partition coefficient (Wildman–Crippen LogP) is 1.20. The molecule has 1 saturated heterocycles. The topological polar surface area (TPSA) is 145 Å². The predicted molar refractivity (Wildman–Crippen MR) is 107 cm³/mol. The van der Waals surface area contributed by atoms with Gasteiger partial charge in [0.05, 0.1) is 12.3 Å². The lowest BCUT2D eigenvalue weighted by atomic mass is 9.92. The van der Waals surface area contributed by atoms with E-state index in [1.165, 1.54) is 0 Å². The Labute approximate surface area is 167 Å². The number of hydrogen-bond donors (Lipinski definition) is 5. The van der Waals surface area contributed by atoms with Gasteiger partial charge in [0.2, 0.25) is 5.91 Å². The molecule has 8 nitrogen and oxygen atoms in total. The van der Waals surface area contributed by atoms with Crippen LogP contribution in [0.5, 0.6) is 0 Å². The van der Waals surface area contributed by atoms with Crippen LogP contribution in [0.1, 0.15) is 22.3 Å². The summed E-state index contributed by atoms with van der Waals surface area (Å²) in [7, 11) is 0. The van der Waals surface area contributed by atoms with Crippen molar-refractivity contribution >= 4 is 23.6 Å². The fraction of sp³-hybridized carbons (Fsp3) is 0.238. The molecule has 29 heavy (non-hydrogen) atoms. The first kappa shape index (κ1) is 20.1. The summed E-state index contributed by atoms with van der Waals surface area (Å²) >= 11 is 0. The Bertz CT molecular complexity index is 938. The van der Waals surface area contributed by atoms with Gasteiger partial charge < -0.3 is 21.5 Å². The Kier molecular flexibility index (Phi) is 5.92. The minimum Gasteiger partial charge on any atom is -0.481 e. The van der Waals surface area contributed by atoms with Crippen LogP contribution in [0.15, 0.2) is 48.5 Å². The molecule has 1 aliphatic rings. The van der Waals surface area contributed by atoms with Crippen LogP contribution in [0.3, 0.4) is 0 Å². The molecule has 150 valence electrons. The summed E-state index contributed by atoms with van der Waals surface area (Å²) in [5.74, 6) is -2.47. The number of nitrogens with two attached hydrogens (primary N) is 1. The summed E-state index contributed by atoms with van der Waals surface area (Å²) in [6.07, 6.45) is -0.247. The van der Waals surface area contributed by atoms with Crippen molar-refractivity contribution < 1.29 is 19.5 Å². The van der Waals surface area contributed by atoms with Crippen LogP contribution >= 0.6 is 0 Å². The Balaban J connectivity index is 1.61. The van der Waals surface area contributed by atoms with E-state index in [0.29, 0.717) is 17.7 Å². The zero-order valence-corrected chi connectivity index (χ0v) is 15.6. The molecule has 0 spiro atoms. The maximum Gasteiger partial charge on any atom is 0.304 e. The van der Waals surface area contributed by atoms with Gasteiger partial charge in [0.25, 0.3) is 5.91 Å². The van der Waals surface area contributed by atoms with E-state index in [-0.39, 0.29) is 36.5 Å². The molecule has 2 unspecified atom stereocenters. The molecule has 8 heteroatoms. The highest BCUT2D eigenvalue weighted by Gasteiger charge is 2.36. The molecule has 1 heterocycles.